The van der Waals surface area contributed by atoms with Crippen LogP contribution in [0.25, 0.3) is 21.5 Å². The summed E-state index contributed by atoms with van der Waals surface area (Å²) < 4.78 is 0. The maximum atomic E-state index is 13.0. The Morgan fingerprint density at radius 1 is 0.793 bits per heavy atom. The van der Waals surface area contributed by atoms with Crippen molar-refractivity contribution in [1.29, 1.82) is 0 Å². The highest BCUT2D eigenvalue weighted by atomic mass is 16.2. The number of hydrogen-bond donors (Lipinski definition) is 0. The molecule has 3 aromatic rings. The van der Waals surface area contributed by atoms with Crippen LogP contribution in [0.3, 0.4) is 0 Å². The maximum absolute atomic E-state index is 13.0. The summed E-state index contributed by atoms with van der Waals surface area (Å²) in [6.45, 7) is 0. The van der Waals surface area contributed by atoms with Crippen molar-refractivity contribution in [2.24, 2.45) is 28.8 Å². The van der Waals surface area contributed by atoms with Crippen molar-refractivity contribution in [1.82, 2.24) is 5.01 Å². The topological polar surface area (TPSA) is 49.7 Å². The van der Waals surface area contributed by atoms with Gasteiger partial charge in [-0.1, -0.05) is 60.7 Å². The second-order valence-electron chi connectivity index (χ2n) is 8.31. The number of allylic oxidation sites excluding steroid dienone is 2. The molecule has 142 valence electrons. The SMILES string of the molecule is O=C1C2C3C=CC(CC3)C2C(=O)N1N=Cc1c2ccccc2cc2ccccc12. The molecule has 3 aromatic carbocycles. The molecule has 1 aliphatic heterocycles. The van der Waals surface area contributed by atoms with Crippen LogP contribution in [0.2, 0.25) is 0 Å². The van der Waals surface area contributed by atoms with Gasteiger partial charge in [-0.25, -0.2) is 0 Å². The Morgan fingerprint density at radius 2 is 1.31 bits per heavy atom. The van der Waals surface area contributed by atoms with Gasteiger partial charge in [-0.05, 0) is 52.3 Å². The van der Waals surface area contributed by atoms with E-state index >= 15 is 0 Å². The zero-order valence-electron chi connectivity index (χ0n) is 15.9. The molecule has 4 aliphatic rings. The van der Waals surface area contributed by atoms with E-state index in [9.17, 15) is 9.59 Å². The number of hydrogen-bond acceptors (Lipinski definition) is 3. The van der Waals surface area contributed by atoms with Crippen LogP contribution in [0, 0.1) is 23.7 Å². The molecular weight excluding hydrogens is 360 g/mol. The molecule has 4 heteroatoms. The fourth-order valence-electron chi connectivity index (χ4n) is 5.48. The molecule has 2 bridgehead atoms. The molecule has 2 amide bonds. The van der Waals surface area contributed by atoms with E-state index in [0.29, 0.717) is 0 Å². The number of fused-ring (bicyclic) bond motifs is 3. The summed E-state index contributed by atoms with van der Waals surface area (Å²) in [6.07, 6.45) is 7.95. The Bertz CT molecular complexity index is 1160. The monoisotopic (exact) mass is 380 g/mol. The lowest BCUT2D eigenvalue weighted by atomic mass is 9.63. The molecule has 1 heterocycles. The maximum Gasteiger partial charge on any atom is 0.254 e. The van der Waals surface area contributed by atoms with Crippen LogP contribution in [0.5, 0.6) is 0 Å². The minimum atomic E-state index is -0.229. The van der Waals surface area contributed by atoms with E-state index in [1.54, 1.807) is 6.21 Å². The van der Waals surface area contributed by atoms with E-state index < -0.39 is 0 Å². The fourth-order valence-corrected chi connectivity index (χ4v) is 5.48. The van der Waals surface area contributed by atoms with Crippen LogP contribution in [0.1, 0.15) is 18.4 Å². The molecule has 0 N–H and O–H groups in total. The third kappa shape index (κ3) is 2.35. The normalized spacial score (nSPS) is 28.2. The van der Waals surface area contributed by atoms with Crippen molar-refractivity contribution in [2.75, 3.05) is 0 Å². The summed E-state index contributed by atoms with van der Waals surface area (Å²) in [6, 6.07) is 18.4. The lowest BCUT2D eigenvalue weighted by Crippen LogP contribution is -2.38. The summed E-state index contributed by atoms with van der Waals surface area (Å²) in [5.41, 5.74) is 0.940. The largest absolute Gasteiger partial charge is 0.272 e. The predicted molar refractivity (Wildman–Crippen MR) is 113 cm³/mol. The number of carbonyl (C=O) groups is 2. The number of amides is 2. The summed E-state index contributed by atoms with van der Waals surface area (Å²) >= 11 is 0. The molecule has 3 aliphatic carbocycles. The first-order valence-electron chi connectivity index (χ1n) is 10.2. The van der Waals surface area contributed by atoms with Crippen molar-refractivity contribution in [3.05, 3.63) is 72.3 Å². The van der Waals surface area contributed by atoms with Crippen LogP contribution in [0.15, 0.2) is 71.9 Å². The highest BCUT2D eigenvalue weighted by Gasteiger charge is 2.56. The first-order chi connectivity index (χ1) is 14.2. The van der Waals surface area contributed by atoms with Crippen LogP contribution >= 0.6 is 0 Å². The van der Waals surface area contributed by atoms with E-state index in [4.69, 9.17) is 0 Å². The van der Waals surface area contributed by atoms with E-state index in [-0.39, 0.29) is 35.5 Å². The third-order valence-corrected chi connectivity index (χ3v) is 6.85. The molecule has 4 unspecified atom stereocenters. The number of nitrogens with zero attached hydrogens (tertiary/aromatic N) is 2. The number of imide groups is 1. The van der Waals surface area contributed by atoms with Crippen LogP contribution < -0.4 is 0 Å². The second kappa shape index (κ2) is 6.11. The van der Waals surface area contributed by atoms with Gasteiger partial charge in [-0.2, -0.15) is 10.1 Å². The molecule has 29 heavy (non-hydrogen) atoms. The number of rotatable bonds is 2. The van der Waals surface area contributed by atoms with Gasteiger partial charge in [-0.3, -0.25) is 9.59 Å². The molecule has 0 aromatic heterocycles. The van der Waals surface area contributed by atoms with Crippen LogP contribution in [-0.4, -0.2) is 23.0 Å². The van der Waals surface area contributed by atoms with E-state index in [1.807, 2.05) is 24.3 Å². The van der Waals surface area contributed by atoms with Gasteiger partial charge in [0.15, 0.2) is 0 Å². The Kier molecular flexibility index (Phi) is 3.51. The van der Waals surface area contributed by atoms with Crippen molar-refractivity contribution < 1.29 is 9.59 Å². The van der Waals surface area contributed by atoms with Gasteiger partial charge in [0, 0.05) is 5.56 Å². The zero-order chi connectivity index (χ0) is 19.5. The zero-order valence-corrected chi connectivity index (χ0v) is 15.9. The van der Waals surface area contributed by atoms with Gasteiger partial charge < -0.3 is 0 Å². The molecule has 2 fully saturated rings. The number of carbonyl (C=O) groups excluding carboxylic acids is 2. The molecule has 4 nitrogen and oxygen atoms in total. The van der Waals surface area contributed by atoms with Gasteiger partial charge in [0.1, 0.15) is 0 Å². The van der Waals surface area contributed by atoms with Gasteiger partial charge in [0.05, 0.1) is 18.1 Å². The summed E-state index contributed by atoms with van der Waals surface area (Å²) in [5.74, 6) is -0.375. The molecule has 0 spiro atoms. The second-order valence-corrected chi connectivity index (χ2v) is 8.31. The minimum absolute atomic E-state index is 0.139. The van der Waals surface area contributed by atoms with Gasteiger partial charge in [0.25, 0.3) is 11.8 Å². The van der Waals surface area contributed by atoms with Crippen molar-refractivity contribution in [3.8, 4) is 0 Å². The van der Waals surface area contributed by atoms with Crippen molar-refractivity contribution >= 4 is 39.6 Å². The Morgan fingerprint density at radius 3 is 1.83 bits per heavy atom. The third-order valence-electron chi connectivity index (χ3n) is 6.85. The molecular formula is C25H20N2O2. The Labute approximate surface area is 168 Å². The van der Waals surface area contributed by atoms with Crippen LogP contribution in [-0.2, 0) is 9.59 Å². The predicted octanol–water partition coefficient (Wildman–Crippen LogP) is 4.52. The standard InChI is InChI=1S/C25H20N2O2/c28-24-22-15-9-10-16(12-11-15)23(22)25(29)27(24)26-14-21-19-7-3-1-5-17(19)13-18-6-2-4-8-20(18)21/h1-10,13-16,22-23H,11-12H2. The van der Waals surface area contributed by atoms with E-state index in [2.05, 4.69) is 47.6 Å². The smallest absolute Gasteiger partial charge is 0.254 e. The molecule has 1 saturated carbocycles. The average molecular weight is 380 g/mol. The van der Waals surface area contributed by atoms with Crippen molar-refractivity contribution in [2.45, 2.75) is 12.8 Å². The summed E-state index contributed by atoms with van der Waals surface area (Å²) in [5, 5.41) is 9.95. The molecule has 4 atom stereocenters. The summed E-state index contributed by atoms with van der Waals surface area (Å²) in [7, 11) is 0. The molecule has 7 rings (SSSR count). The van der Waals surface area contributed by atoms with Crippen molar-refractivity contribution in [3.63, 3.8) is 0 Å². The Balaban J connectivity index is 1.45. The van der Waals surface area contributed by atoms with E-state index in [0.717, 1.165) is 45.0 Å². The highest BCUT2D eigenvalue weighted by molar-refractivity contribution is 6.14. The quantitative estimate of drug-likeness (QED) is 0.284. The summed E-state index contributed by atoms with van der Waals surface area (Å²) in [4.78, 5) is 26.1. The first-order valence-corrected chi connectivity index (χ1v) is 10.2. The fraction of sp³-hybridized carbons (Fsp3) is 0.240. The average Bonchev–Trinajstić information content (AvgIpc) is 3.04. The van der Waals surface area contributed by atoms with Crippen LogP contribution in [0.4, 0.5) is 0 Å². The number of hydrazone groups is 1. The molecule has 1 saturated heterocycles. The van der Waals surface area contributed by atoms with Gasteiger partial charge >= 0.3 is 0 Å². The lowest BCUT2D eigenvalue weighted by Gasteiger charge is -2.37. The number of benzene rings is 3. The minimum Gasteiger partial charge on any atom is -0.272 e. The highest BCUT2D eigenvalue weighted by Crippen LogP contribution is 2.49. The lowest BCUT2D eigenvalue weighted by molar-refractivity contribution is -0.140. The first kappa shape index (κ1) is 16.7. The van der Waals surface area contributed by atoms with Gasteiger partial charge in [0.2, 0.25) is 0 Å². The van der Waals surface area contributed by atoms with E-state index in [1.165, 1.54) is 0 Å². The Hall–Kier alpha value is -3.27. The molecule has 0 radical (unpaired) electrons. The van der Waals surface area contributed by atoms with Gasteiger partial charge in [-0.15, -0.1) is 0 Å².